The molecule has 0 unspecified atom stereocenters. The molecular formula is C21H31N3O2S2. The van der Waals surface area contributed by atoms with Crippen molar-refractivity contribution in [3.05, 3.63) is 45.9 Å². The first-order chi connectivity index (χ1) is 13.2. The largest absolute Gasteiger partial charge is 0.296 e. The summed E-state index contributed by atoms with van der Waals surface area (Å²) in [4.78, 5) is 7.50. The molecule has 0 spiro atoms. The van der Waals surface area contributed by atoms with Gasteiger partial charge in [0, 0.05) is 37.0 Å². The van der Waals surface area contributed by atoms with Crippen LogP contribution in [0.4, 0.5) is 0 Å². The maximum absolute atomic E-state index is 13.0. The molecule has 7 heteroatoms. The Morgan fingerprint density at radius 1 is 1.07 bits per heavy atom. The Kier molecular flexibility index (Phi) is 6.59. The van der Waals surface area contributed by atoms with Gasteiger partial charge in [-0.25, -0.2) is 13.4 Å². The fraction of sp³-hybridized carbons (Fsp3) is 0.571. The Bertz CT molecular complexity index is 883. The van der Waals surface area contributed by atoms with E-state index < -0.39 is 10.0 Å². The summed E-state index contributed by atoms with van der Waals surface area (Å²) in [5, 5.41) is 3.28. The van der Waals surface area contributed by atoms with Crippen LogP contribution < -0.4 is 0 Å². The Morgan fingerprint density at radius 3 is 2.39 bits per heavy atom. The molecule has 154 valence electrons. The molecule has 0 radical (unpaired) electrons. The van der Waals surface area contributed by atoms with Crippen LogP contribution in [-0.4, -0.2) is 48.8 Å². The second-order valence-corrected chi connectivity index (χ2v) is 11.2. The molecular weight excluding hydrogens is 390 g/mol. The van der Waals surface area contributed by atoms with Crippen molar-refractivity contribution < 1.29 is 8.42 Å². The van der Waals surface area contributed by atoms with Crippen molar-refractivity contribution in [3.63, 3.8) is 0 Å². The van der Waals surface area contributed by atoms with Crippen molar-refractivity contribution in [1.29, 1.82) is 0 Å². The molecule has 2 aromatic rings. The van der Waals surface area contributed by atoms with Crippen LogP contribution in [0.5, 0.6) is 0 Å². The van der Waals surface area contributed by atoms with Gasteiger partial charge in [0.25, 0.3) is 0 Å². The average Bonchev–Trinajstić information content (AvgIpc) is 3.00. The van der Waals surface area contributed by atoms with E-state index in [9.17, 15) is 8.42 Å². The molecule has 1 aliphatic heterocycles. The van der Waals surface area contributed by atoms with Gasteiger partial charge in [-0.3, -0.25) is 4.90 Å². The standard InChI is InChI=1S/C21H31N3O2S2/c1-5-17-7-9-19(10-8-17)28(25,26)24-12-6-11-23(13-14-24)15-18-16-27-20(22-18)21(2,3)4/h7-10,16H,5-6,11-15H2,1-4H3. The van der Waals surface area contributed by atoms with Gasteiger partial charge in [0.05, 0.1) is 15.6 Å². The lowest BCUT2D eigenvalue weighted by Crippen LogP contribution is -2.35. The van der Waals surface area contributed by atoms with Crippen LogP contribution in [0, 0.1) is 0 Å². The second-order valence-electron chi connectivity index (χ2n) is 8.43. The smallest absolute Gasteiger partial charge is 0.243 e. The van der Waals surface area contributed by atoms with Crippen LogP contribution in [0.25, 0.3) is 0 Å². The van der Waals surface area contributed by atoms with E-state index in [1.807, 2.05) is 12.1 Å². The SMILES string of the molecule is CCc1ccc(S(=O)(=O)N2CCCN(Cc3csc(C(C)(C)C)n3)CC2)cc1. The predicted octanol–water partition coefficient (Wildman–Crippen LogP) is 3.90. The first-order valence-corrected chi connectivity index (χ1v) is 12.3. The number of aryl methyl sites for hydroxylation is 1. The molecule has 5 nitrogen and oxygen atoms in total. The van der Waals surface area contributed by atoms with Gasteiger partial charge in [-0.1, -0.05) is 39.8 Å². The normalized spacial score (nSPS) is 17.6. The number of nitrogens with zero attached hydrogens (tertiary/aromatic N) is 3. The third-order valence-electron chi connectivity index (χ3n) is 5.10. The molecule has 2 heterocycles. The van der Waals surface area contributed by atoms with Crippen LogP contribution in [-0.2, 0) is 28.4 Å². The van der Waals surface area contributed by atoms with Crippen LogP contribution in [0.3, 0.4) is 0 Å². The molecule has 1 saturated heterocycles. The number of hydrogen-bond acceptors (Lipinski definition) is 5. The highest BCUT2D eigenvalue weighted by Crippen LogP contribution is 2.26. The number of thiazole rings is 1. The van der Waals surface area contributed by atoms with E-state index in [1.165, 1.54) is 0 Å². The molecule has 1 aliphatic rings. The molecule has 1 fully saturated rings. The van der Waals surface area contributed by atoms with E-state index in [-0.39, 0.29) is 5.41 Å². The molecule has 0 amide bonds. The Balaban J connectivity index is 1.64. The van der Waals surface area contributed by atoms with Gasteiger partial charge in [0.2, 0.25) is 10.0 Å². The van der Waals surface area contributed by atoms with Crippen LogP contribution in [0.1, 0.15) is 50.4 Å². The van der Waals surface area contributed by atoms with Crippen LogP contribution in [0.15, 0.2) is 34.5 Å². The zero-order chi connectivity index (χ0) is 20.4. The molecule has 1 aromatic heterocycles. The molecule has 0 bridgehead atoms. The van der Waals surface area contributed by atoms with E-state index >= 15 is 0 Å². The van der Waals surface area contributed by atoms with Crippen molar-refractivity contribution in [2.24, 2.45) is 0 Å². The van der Waals surface area contributed by atoms with Crippen molar-refractivity contribution in [2.45, 2.75) is 57.4 Å². The third-order valence-corrected chi connectivity index (χ3v) is 8.33. The Morgan fingerprint density at radius 2 is 1.79 bits per heavy atom. The van der Waals surface area contributed by atoms with E-state index in [0.29, 0.717) is 18.0 Å². The maximum Gasteiger partial charge on any atom is 0.243 e. The molecule has 0 atom stereocenters. The molecule has 3 rings (SSSR count). The molecule has 0 aliphatic carbocycles. The average molecular weight is 422 g/mol. The minimum atomic E-state index is -3.43. The zero-order valence-corrected chi connectivity index (χ0v) is 18.9. The number of sulfonamides is 1. The van der Waals surface area contributed by atoms with E-state index in [1.54, 1.807) is 27.8 Å². The highest BCUT2D eigenvalue weighted by Gasteiger charge is 2.27. The first kappa shape index (κ1) is 21.4. The number of rotatable bonds is 5. The lowest BCUT2D eigenvalue weighted by Gasteiger charge is -2.21. The topological polar surface area (TPSA) is 53.5 Å². The van der Waals surface area contributed by atoms with Crippen LogP contribution >= 0.6 is 11.3 Å². The van der Waals surface area contributed by atoms with E-state index in [2.05, 4.69) is 38.0 Å². The number of aromatic nitrogens is 1. The number of benzene rings is 1. The molecule has 1 aromatic carbocycles. The molecule has 28 heavy (non-hydrogen) atoms. The predicted molar refractivity (Wildman–Crippen MR) is 115 cm³/mol. The maximum atomic E-state index is 13.0. The Hall–Kier alpha value is -1.28. The lowest BCUT2D eigenvalue weighted by molar-refractivity contribution is 0.275. The van der Waals surface area contributed by atoms with Crippen molar-refractivity contribution >= 4 is 21.4 Å². The summed E-state index contributed by atoms with van der Waals surface area (Å²) in [5.41, 5.74) is 2.31. The summed E-state index contributed by atoms with van der Waals surface area (Å²) in [6.07, 6.45) is 1.75. The van der Waals surface area contributed by atoms with Crippen molar-refractivity contribution in [1.82, 2.24) is 14.2 Å². The highest BCUT2D eigenvalue weighted by atomic mass is 32.2. The van der Waals surface area contributed by atoms with Gasteiger partial charge in [-0.05, 0) is 37.1 Å². The van der Waals surface area contributed by atoms with Gasteiger partial charge in [-0.2, -0.15) is 4.31 Å². The summed E-state index contributed by atoms with van der Waals surface area (Å²) < 4.78 is 27.7. The zero-order valence-electron chi connectivity index (χ0n) is 17.3. The summed E-state index contributed by atoms with van der Waals surface area (Å²) in [5.74, 6) is 0. The summed E-state index contributed by atoms with van der Waals surface area (Å²) in [6.45, 7) is 12.1. The molecule has 0 N–H and O–H groups in total. The monoisotopic (exact) mass is 421 g/mol. The third kappa shape index (κ3) is 5.00. The summed E-state index contributed by atoms with van der Waals surface area (Å²) in [7, 11) is -3.43. The van der Waals surface area contributed by atoms with Crippen molar-refractivity contribution in [3.8, 4) is 0 Å². The van der Waals surface area contributed by atoms with Gasteiger partial charge >= 0.3 is 0 Å². The van der Waals surface area contributed by atoms with Gasteiger partial charge < -0.3 is 0 Å². The quantitative estimate of drug-likeness (QED) is 0.735. The van der Waals surface area contributed by atoms with Crippen LogP contribution in [0.2, 0.25) is 0 Å². The minimum Gasteiger partial charge on any atom is -0.296 e. The highest BCUT2D eigenvalue weighted by molar-refractivity contribution is 7.89. The van der Waals surface area contributed by atoms with Gasteiger partial charge in [0.1, 0.15) is 0 Å². The number of hydrogen-bond donors (Lipinski definition) is 0. The first-order valence-electron chi connectivity index (χ1n) is 9.96. The van der Waals surface area contributed by atoms with E-state index in [4.69, 9.17) is 4.98 Å². The second kappa shape index (κ2) is 8.61. The lowest BCUT2D eigenvalue weighted by atomic mass is 9.98. The fourth-order valence-electron chi connectivity index (χ4n) is 3.35. The van der Waals surface area contributed by atoms with E-state index in [0.717, 1.165) is 48.7 Å². The molecule has 0 saturated carbocycles. The van der Waals surface area contributed by atoms with Gasteiger partial charge in [0.15, 0.2) is 0 Å². The van der Waals surface area contributed by atoms with Gasteiger partial charge in [-0.15, -0.1) is 11.3 Å². The fourth-order valence-corrected chi connectivity index (χ4v) is 5.71. The summed E-state index contributed by atoms with van der Waals surface area (Å²) in [6, 6.07) is 7.29. The minimum absolute atomic E-state index is 0.0694. The Labute approximate surface area is 173 Å². The summed E-state index contributed by atoms with van der Waals surface area (Å²) >= 11 is 1.71. The van der Waals surface area contributed by atoms with Crippen molar-refractivity contribution in [2.75, 3.05) is 26.2 Å².